The Bertz CT molecular complexity index is 963. The Kier molecular flexibility index (Phi) is 7.38. The Labute approximate surface area is 187 Å². The first-order chi connectivity index (χ1) is 15.3. The first-order valence-corrected chi connectivity index (χ1v) is 11.8. The highest BCUT2D eigenvalue weighted by atomic mass is 16.5. The fraction of sp³-hybridized carbons (Fsp3) is 0.333. The lowest BCUT2D eigenvalue weighted by Crippen LogP contribution is -2.13. The second kappa shape index (κ2) is 10.6. The zero-order chi connectivity index (χ0) is 21.5. The summed E-state index contributed by atoms with van der Waals surface area (Å²) in [5, 5.41) is 0. The summed E-state index contributed by atoms with van der Waals surface area (Å²) in [5.74, 6) is 1.30. The van der Waals surface area contributed by atoms with Gasteiger partial charge in [0.1, 0.15) is 0 Å². The molecule has 1 heteroatoms. The Morgan fingerprint density at radius 2 is 1.52 bits per heavy atom. The van der Waals surface area contributed by atoms with Crippen LogP contribution >= 0.6 is 0 Å². The molecule has 160 valence electrons. The summed E-state index contributed by atoms with van der Waals surface area (Å²) in [6, 6.07) is 26.6. The quantitative estimate of drug-likeness (QED) is 0.267. The molecule has 1 saturated carbocycles. The van der Waals surface area contributed by atoms with Crippen LogP contribution in [-0.4, -0.2) is 6.61 Å². The molecular weight excluding hydrogens is 376 g/mol. The van der Waals surface area contributed by atoms with Gasteiger partial charge in [0.15, 0.2) is 0 Å². The highest BCUT2D eigenvalue weighted by molar-refractivity contribution is 5.73. The van der Waals surface area contributed by atoms with E-state index in [2.05, 4.69) is 92.4 Å². The van der Waals surface area contributed by atoms with Crippen molar-refractivity contribution in [3.63, 3.8) is 0 Å². The second-order valence-corrected chi connectivity index (χ2v) is 8.76. The van der Waals surface area contributed by atoms with Crippen LogP contribution in [0.5, 0.6) is 0 Å². The van der Waals surface area contributed by atoms with Crippen LogP contribution in [0.1, 0.15) is 56.1 Å². The lowest BCUT2D eigenvalue weighted by atomic mass is 9.76. The predicted octanol–water partition coefficient (Wildman–Crippen LogP) is 8.41. The molecule has 0 bridgehead atoms. The average molecular weight is 411 g/mol. The minimum absolute atomic E-state index is 0.617. The third kappa shape index (κ3) is 5.35. The van der Waals surface area contributed by atoms with E-state index >= 15 is 0 Å². The molecule has 0 amide bonds. The van der Waals surface area contributed by atoms with Crippen molar-refractivity contribution in [1.29, 1.82) is 0 Å². The van der Waals surface area contributed by atoms with Crippen LogP contribution in [0, 0.1) is 5.92 Å². The number of allylic oxidation sites excluding steroid dienone is 1. The Balaban J connectivity index is 1.63. The molecule has 0 spiro atoms. The van der Waals surface area contributed by atoms with Gasteiger partial charge in [-0.2, -0.15) is 0 Å². The average Bonchev–Trinajstić information content (AvgIpc) is 2.85. The van der Waals surface area contributed by atoms with Crippen LogP contribution in [0.15, 0.2) is 85.5 Å². The summed E-state index contributed by atoms with van der Waals surface area (Å²) >= 11 is 0. The van der Waals surface area contributed by atoms with Gasteiger partial charge in [-0.25, -0.2) is 0 Å². The number of hydrogen-bond donors (Lipinski definition) is 0. The van der Waals surface area contributed by atoms with E-state index in [9.17, 15) is 0 Å². The van der Waals surface area contributed by atoms with Crippen molar-refractivity contribution in [1.82, 2.24) is 0 Å². The van der Waals surface area contributed by atoms with Gasteiger partial charge >= 0.3 is 0 Å². The van der Waals surface area contributed by atoms with Gasteiger partial charge in [0.2, 0.25) is 0 Å². The molecule has 0 heterocycles. The highest BCUT2D eigenvalue weighted by Crippen LogP contribution is 2.41. The maximum atomic E-state index is 5.84. The molecule has 31 heavy (non-hydrogen) atoms. The van der Waals surface area contributed by atoms with Crippen molar-refractivity contribution in [2.45, 2.75) is 51.6 Å². The highest BCUT2D eigenvalue weighted by Gasteiger charge is 2.23. The van der Waals surface area contributed by atoms with E-state index in [1.165, 1.54) is 59.1 Å². The predicted molar refractivity (Wildman–Crippen MR) is 132 cm³/mol. The molecule has 0 aromatic heterocycles. The molecule has 1 aliphatic carbocycles. The normalized spacial score (nSPS) is 18.6. The summed E-state index contributed by atoms with van der Waals surface area (Å²) < 4.78 is 5.84. The van der Waals surface area contributed by atoms with Gasteiger partial charge in [0, 0.05) is 6.61 Å². The zero-order valence-corrected chi connectivity index (χ0v) is 18.7. The van der Waals surface area contributed by atoms with Crippen LogP contribution < -0.4 is 0 Å². The number of benzene rings is 3. The molecule has 3 aromatic rings. The van der Waals surface area contributed by atoms with E-state index in [-0.39, 0.29) is 0 Å². The van der Waals surface area contributed by atoms with Gasteiger partial charge in [-0.1, -0.05) is 85.8 Å². The fourth-order valence-electron chi connectivity index (χ4n) is 4.78. The number of rotatable bonds is 8. The monoisotopic (exact) mass is 410 g/mol. The second-order valence-electron chi connectivity index (χ2n) is 8.76. The van der Waals surface area contributed by atoms with Crippen molar-refractivity contribution >= 4 is 0 Å². The third-order valence-electron chi connectivity index (χ3n) is 6.58. The molecule has 0 unspecified atom stereocenters. The van der Waals surface area contributed by atoms with Gasteiger partial charge in [-0.3, -0.25) is 0 Å². The lowest BCUT2D eigenvalue weighted by Gasteiger charge is -2.29. The lowest BCUT2D eigenvalue weighted by molar-refractivity contribution is 0.121. The van der Waals surface area contributed by atoms with E-state index in [4.69, 9.17) is 4.74 Å². The minimum atomic E-state index is 0.617. The topological polar surface area (TPSA) is 9.23 Å². The van der Waals surface area contributed by atoms with Crippen LogP contribution in [0.3, 0.4) is 0 Å². The van der Waals surface area contributed by atoms with Gasteiger partial charge in [0.05, 0.1) is 6.61 Å². The number of ether oxygens (including phenoxy) is 1. The Morgan fingerprint density at radius 1 is 0.839 bits per heavy atom. The SMILES string of the molecule is C=CC1CCC(c2cc(COCCC)ccc2-c2ccc(-c3ccccc3)cc2)CC1. The number of hydrogen-bond acceptors (Lipinski definition) is 1. The Morgan fingerprint density at radius 3 is 2.19 bits per heavy atom. The van der Waals surface area contributed by atoms with Crippen molar-refractivity contribution in [2.75, 3.05) is 6.61 Å². The Hall–Kier alpha value is -2.64. The van der Waals surface area contributed by atoms with Crippen LogP contribution in [0.2, 0.25) is 0 Å². The molecule has 0 aliphatic heterocycles. The van der Waals surface area contributed by atoms with Crippen molar-refractivity contribution in [3.05, 3.63) is 96.6 Å². The summed E-state index contributed by atoms with van der Waals surface area (Å²) in [4.78, 5) is 0. The van der Waals surface area contributed by atoms with Crippen LogP contribution in [-0.2, 0) is 11.3 Å². The van der Waals surface area contributed by atoms with Gasteiger partial charge in [0.25, 0.3) is 0 Å². The maximum Gasteiger partial charge on any atom is 0.0716 e. The summed E-state index contributed by atoms with van der Waals surface area (Å²) in [7, 11) is 0. The van der Waals surface area contributed by atoms with Crippen LogP contribution in [0.4, 0.5) is 0 Å². The molecule has 4 rings (SSSR count). The van der Waals surface area contributed by atoms with E-state index in [0.717, 1.165) is 13.0 Å². The van der Waals surface area contributed by atoms with Crippen LogP contribution in [0.25, 0.3) is 22.3 Å². The largest absolute Gasteiger partial charge is 0.377 e. The molecule has 1 nitrogen and oxygen atoms in total. The van der Waals surface area contributed by atoms with Crippen molar-refractivity contribution < 1.29 is 4.74 Å². The van der Waals surface area contributed by atoms with E-state index in [1.54, 1.807) is 0 Å². The van der Waals surface area contributed by atoms with Crippen molar-refractivity contribution in [2.24, 2.45) is 5.92 Å². The molecule has 0 N–H and O–H groups in total. The molecule has 0 saturated heterocycles. The molecular formula is C30H34O. The minimum Gasteiger partial charge on any atom is -0.377 e. The first kappa shape index (κ1) is 21.6. The van der Waals surface area contributed by atoms with Gasteiger partial charge in [-0.15, -0.1) is 6.58 Å². The molecule has 0 atom stereocenters. The fourth-order valence-corrected chi connectivity index (χ4v) is 4.78. The molecule has 1 fully saturated rings. The summed E-state index contributed by atoms with van der Waals surface area (Å²) in [5.41, 5.74) is 8.00. The van der Waals surface area contributed by atoms with E-state index < -0.39 is 0 Å². The van der Waals surface area contributed by atoms with Gasteiger partial charge in [-0.05, 0) is 77.3 Å². The van der Waals surface area contributed by atoms with E-state index in [1.807, 2.05) is 0 Å². The first-order valence-electron chi connectivity index (χ1n) is 11.8. The molecule has 0 radical (unpaired) electrons. The summed E-state index contributed by atoms with van der Waals surface area (Å²) in [6.45, 7) is 7.70. The zero-order valence-electron chi connectivity index (χ0n) is 18.7. The standard InChI is InChI=1S/C30H34O/c1-3-20-31-22-24-12-19-29(30(21-24)28-13-10-23(4-2)11-14-28)27-17-15-26(16-18-27)25-8-6-5-7-9-25/h4-9,12,15-19,21,23,28H,2-3,10-11,13-14,20,22H2,1H3. The van der Waals surface area contributed by atoms with Gasteiger partial charge < -0.3 is 4.74 Å². The summed E-state index contributed by atoms with van der Waals surface area (Å²) in [6.07, 6.45) is 8.18. The van der Waals surface area contributed by atoms with E-state index in [0.29, 0.717) is 18.4 Å². The third-order valence-corrected chi connectivity index (χ3v) is 6.58. The maximum absolute atomic E-state index is 5.84. The molecule has 1 aliphatic rings. The van der Waals surface area contributed by atoms with Crippen molar-refractivity contribution in [3.8, 4) is 22.3 Å². The molecule has 3 aromatic carbocycles. The smallest absolute Gasteiger partial charge is 0.0716 e.